The van der Waals surface area contributed by atoms with Crippen molar-refractivity contribution in [3.8, 4) is 10.7 Å². The molecule has 1 aliphatic heterocycles. The number of aryl methyl sites for hydroxylation is 1. The topological polar surface area (TPSA) is 77.3 Å². The fourth-order valence-corrected chi connectivity index (χ4v) is 3.15. The van der Waals surface area contributed by atoms with Gasteiger partial charge in [0.15, 0.2) is 0 Å². The van der Waals surface area contributed by atoms with Crippen LogP contribution in [0.15, 0.2) is 22.0 Å². The Kier molecular flexibility index (Phi) is 4.84. The van der Waals surface area contributed by atoms with Crippen LogP contribution < -0.4 is 5.32 Å². The molecule has 7 heteroatoms. The monoisotopic (exact) mass is 321 g/mol. The highest BCUT2D eigenvalue weighted by Crippen LogP contribution is 2.21. The summed E-state index contributed by atoms with van der Waals surface area (Å²) in [5, 5.41) is 8.87. The second kappa shape index (κ2) is 7.02. The van der Waals surface area contributed by atoms with Crippen molar-refractivity contribution in [2.45, 2.75) is 44.8 Å². The molecule has 0 aromatic carbocycles. The maximum Gasteiger partial charge on any atom is 0.227 e. The number of aromatic nitrogens is 2. The first-order valence-corrected chi connectivity index (χ1v) is 8.38. The minimum Gasteiger partial charge on any atom is -0.376 e. The van der Waals surface area contributed by atoms with Crippen LogP contribution >= 0.6 is 11.3 Å². The molecule has 0 bridgehead atoms. The summed E-state index contributed by atoms with van der Waals surface area (Å²) in [6.07, 6.45) is 3.00. The van der Waals surface area contributed by atoms with Crippen molar-refractivity contribution in [2.75, 3.05) is 6.61 Å². The fraction of sp³-hybridized carbons (Fsp3) is 0.533. The molecular weight excluding hydrogens is 302 g/mol. The number of thiophene rings is 1. The Bertz CT molecular complexity index is 605. The Morgan fingerprint density at radius 1 is 1.59 bits per heavy atom. The van der Waals surface area contributed by atoms with Gasteiger partial charge in [-0.15, -0.1) is 11.3 Å². The van der Waals surface area contributed by atoms with Crippen LogP contribution in [-0.4, -0.2) is 34.8 Å². The zero-order chi connectivity index (χ0) is 15.4. The Morgan fingerprint density at radius 2 is 2.50 bits per heavy atom. The molecule has 118 valence electrons. The molecule has 22 heavy (non-hydrogen) atoms. The van der Waals surface area contributed by atoms with Crippen LogP contribution in [-0.2, 0) is 16.0 Å². The number of carbonyl (C=O) groups is 1. The molecule has 1 fully saturated rings. The fourth-order valence-electron chi connectivity index (χ4n) is 2.50. The molecule has 3 rings (SSSR count). The van der Waals surface area contributed by atoms with E-state index in [-0.39, 0.29) is 18.1 Å². The maximum absolute atomic E-state index is 12.0. The second-order valence-electron chi connectivity index (χ2n) is 5.40. The van der Waals surface area contributed by atoms with Crippen molar-refractivity contribution >= 4 is 17.2 Å². The highest BCUT2D eigenvalue weighted by molar-refractivity contribution is 7.13. The molecule has 0 spiro atoms. The summed E-state index contributed by atoms with van der Waals surface area (Å²) in [5.41, 5.74) is 0. The van der Waals surface area contributed by atoms with E-state index in [0.717, 1.165) is 24.3 Å². The first-order chi connectivity index (χ1) is 10.7. The van der Waals surface area contributed by atoms with Gasteiger partial charge in [0.05, 0.1) is 17.0 Å². The molecule has 1 aliphatic rings. The van der Waals surface area contributed by atoms with Crippen molar-refractivity contribution in [2.24, 2.45) is 0 Å². The van der Waals surface area contributed by atoms with Crippen molar-refractivity contribution in [3.63, 3.8) is 0 Å². The summed E-state index contributed by atoms with van der Waals surface area (Å²) in [6.45, 7) is 2.77. The molecule has 0 aliphatic carbocycles. The van der Waals surface area contributed by atoms with Gasteiger partial charge in [-0.3, -0.25) is 4.79 Å². The minimum atomic E-state index is -0.0149. The molecule has 0 radical (unpaired) electrons. The van der Waals surface area contributed by atoms with E-state index in [9.17, 15) is 4.79 Å². The number of amides is 1. The van der Waals surface area contributed by atoms with Crippen LogP contribution in [0.3, 0.4) is 0 Å². The normalized spacial score (nSPS) is 19.2. The van der Waals surface area contributed by atoms with E-state index in [2.05, 4.69) is 15.5 Å². The minimum absolute atomic E-state index is 0.0149. The third-order valence-corrected chi connectivity index (χ3v) is 4.55. The van der Waals surface area contributed by atoms with E-state index < -0.39 is 0 Å². The van der Waals surface area contributed by atoms with Crippen LogP contribution in [0.25, 0.3) is 10.7 Å². The molecule has 1 amide bonds. The molecule has 1 N–H and O–H groups in total. The average Bonchev–Trinajstić information content (AvgIpc) is 3.25. The van der Waals surface area contributed by atoms with Crippen LogP contribution in [0.4, 0.5) is 0 Å². The van der Waals surface area contributed by atoms with Crippen LogP contribution in [0.1, 0.15) is 32.1 Å². The van der Waals surface area contributed by atoms with Gasteiger partial charge in [-0.25, -0.2) is 0 Å². The van der Waals surface area contributed by atoms with Gasteiger partial charge >= 0.3 is 0 Å². The lowest BCUT2D eigenvalue weighted by atomic mass is 10.1. The van der Waals surface area contributed by atoms with Crippen molar-refractivity contribution in [1.82, 2.24) is 15.5 Å². The molecular formula is C15H19N3O3S. The third kappa shape index (κ3) is 3.72. The van der Waals surface area contributed by atoms with Gasteiger partial charge < -0.3 is 14.6 Å². The molecule has 2 atom stereocenters. The lowest BCUT2D eigenvalue weighted by Crippen LogP contribution is -2.40. The number of hydrogen-bond donors (Lipinski definition) is 1. The zero-order valence-electron chi connectivity index (χ0n) is 12.4. The summed E-state index contributed by atoms with van der Waals surface area (Å²) in [7, 11) is 0. The summed E-state index contributed by atoms with van der Waals surface area (Å²) in [4.78, 5) is 17.2. The van der Waals surface area contributed by atoms with E-state index in [0.29, 0.717) is 24.6 Å². The Morgan fingerprint density at radius 3 is 3.23 bits per heavy atom. The van der Waals surface area contributed by atoms with Gasteiger partial charge in [0.25, 0.3) is 0 Å². The largest absolute Gasteiger partial charge is 0.376 e. The van der Waals surface area contributed by atoms with Crippen molar-refractivity contribution < 1.29 is 14.1 Å². The summed E-state index contributed by atoms with van der Waals surface area (Å²) < 4.78 is 10.8. The van der Waals surface area contributed by atoms with Gasteiger partial charge in [0.2, 0.25) is 17.6 Å². The molecule has 1 saturated heterocycles. The maximum atomic E-state index is 12.0. The molecule has 3 heterocycles. The summed E-state index contributed by atoms with van der Waals surface area (Å²) >= 11 is 1.56. The SMILES string of the molecule is C[C@H](NC(=O)CCc1nc(-c2cccs2)no1)[C@H]1CCCO1. The molecule has 0 saturated carbocycles. The Labute approximate surface area is 132 Å². The van der Waals surface area contributed by atoms with E-state index in [1.54, 1.807) is 11.3 Å². The van der Waals surface area contributed by atoms with Gasteiger partial charge in [-0.05, 0) is 31.2 Å². The molecule has 2 aromatic rings. The van der Waals surface area contributed by atoms with Gasteiger partial charge in [-0.1, -0.05) is 11.2 Å². The van der Waals surface area contributed by atoms with Crippen molar-refractivity contribution in [3.05, 3.63) is 23.4 Å². The lowest BCUT2D eigenvalue weighted by molar-refractivity contribution is -0.122. The highest BCUT2D eigenvalue weighted by Gasteiger charge is 2.23. The molecule has 6 nitrogen and oxygen atoms in total. The highest BCUT2D eigenvalue weighted by atomic mass is 32.1. The van der Waals surface area contributed by atoms with Crippen molar-refractivity contribution in [1.29, 1.82) is 0 Å². The third-order valence-electron chi connectivity index (χ3n) is 3.69. The molecule has 0 unspecified atom stereocenters. The lowest BCUT2D eigenvalue weighted by Gasteiger charge is -2.19. The average molecular weight is 321 g/mol. The summed E-state index contributed by atoms with van der Waals surface area (Å²) in [6, 6.07) is 3.92. The number of carbonyl (C=O) groups excluding carboxylic acids is 1. The Balaban J connectivity index is 1.46. The quantitative estimate of drug-likeness (QED) is 0.884. The predicted molar refractivity (Wildman–Crippen MR) is 82.5 cm³/mol. The van der Waals surface area contributed by atoms with Crippen LogP contribution in [0.2, 0.25) is 0 Å². The van der Waals surface area contributed by atoms with E-state index >= 15 is 0 Å². The van der Waals surface area contributed by atoms with Gasteiger partial charge in [-0.2, -0.15) is 4.98 Å². The second-order valence-corrected chi connectivity index (χ2v) is 6.34. The Hall–Kier alpha value is -1.73. The number of hydrogen-bond acceptors (Lipinski definition) is 6. The van der Waals surface area contributed by atoms with Gasteiger partial charge in [0, 0.05) is 19.4 Å². The number of nitrogens with one attached hydrogen (secondary N) is 1. The standard InChI is InChI=1S/C15H19N3O3S/c1-10(11-4-2-8-20-11)16-13(19)6-7-14-17-15(18-21-14)12-5-3-9-22-12/h3,5,9-11H,2,4,6-8H2,1H3,(H,16,19)/t10-,11+/m0/s1. The zero-order valence-corrected chi connectivity index (χ0v) is 13.3. The van der Waals surface area contributed by atoms with E-state index in [1.165, 1.54) is 0 Å². The number of ether oxygens (including phenoxy) is 1. The first-order valence-electron chi connectivity index (χ1n) is 7.50. The molecule has 2 aromatic heterocycles. The van der Waals surface area contributed by atoms with Crippen LogP contribution in [0, 0.1) is 0 Å². The number of rotatable bonds is 6. The predicted octanol–water partition coefficient (Wildman–Crippen LogP) is 2.41. The first kappa shape index (κ1) is 15.2. The smallest absolute Gasteiger partial charge is 0.227 e. The van der Waals surface area contributed by atoms with Crippen LogP contribution in [0.5, 0.6) is 0 Å². The van der Waals surface area contributed by atoms with Gasteiger partial charge in [0.1, 0.15) is 0 Å². The van der Waals surface area contributed by atoms with E-state index in [1.807, 2.05) is 24.4 Å². The summed E-state index contributed by atoms with van der Waals surface area (Å²) in [5.74, 6) is 1.06. The number of nitrogens with zero attached hydrogens (tertiary/aromatic N) is 2. The van der Waals surface area contributed by atoms with E-state index in [4.69, 9.17) is 9.26 Å².